The van der Waals surface area contributed by atoms with Crippen LogP contribution in [0.3, 0.4) is 0 Å². The number of carbonyl (C=O) groups is 2. The predicted molar refractivity (Wildman–Crippen MR) is 73.4 cm³/mol. The minimum absolute atomic E-state index is 0.0968. The van der Waals surface area contributed by atoms with Gasteiger partial charge in [-0.1, -0.05) is 20.3 Å². The lowest BCUT2D eigenvalue weighted by Gasteiger charge is -2.30. The van der Waals surface area contributed by atoms with Crippen molar-refractivity contribution in [3.8, 4) is 0 Å². The molecule has 3 N–H and O–H groups in total. The van der Waals surface area contributed by atoms with E-state index in [1.54, 1.807) is 6.92 Å². The number of ether oxygens (including phenoxy) is 1. The first-order chi connectivity index (χ1) is 9.25. The Hall–Kier alpha value is -1.30. The van der Waals surface area contributed by atoms with Gasteiger partial charge in [-0.25, -0.2) is 4.79 Å². The van der Waals surface area contributed by atoms with E-state index in [9.17, 15) is 14.7 Å². The number of hydrogen-bond acceptors (Lipinski definition) is 3. The zero-order valence-corrected chi connectivity index (χ0v) is 12.4. The Kier molecular flexibility index (Phi) is 3.95. The Morgan fingerprint density at radius 3 is 2.40 bits per heavy atom. The molecular formula is C14H24N2O4. The van der Waals surface area contributed by atoms with Crippen LogP contribution < -0.4 is 10.6 Å². The molecule has 0 bridgehead atoms. The van der Waals surface area contributed by atoms with Gasteiger partial charge in [0.15, 0.2) is 0 Å². The molecule has 2 aliphatic rings. The first-order valence-electron chi connectivity index (χ1n) is 7.14. The van der Waals surface area contributed by atoms with E-state index in [1.165, 1.54) is 0 Å². The van der Waals surface area contributed by atoms with E-state index in [4.69, 9.17) is 4.74 Å². The van der Waals surface area contributed by atoms with Gasteiger partial charge in [-0.3, -0.25) is 4.79 Å². The lowest BCUT2D eigenvalue weighted by molar-refractivity contribution is -0.148. The minimum atomic E-state index is -1.05. The Balaban J connectivity index is 1.93. The zero-order chi connectivity index (χ0) is 15.0. The monoisotopic (exact) mass is 284 g/mol. The quantitative estimate of drug-likeness (QED) is 0.730. The molecule has 6 heteroatoms. The average molecular weight is 284 g/mol. The zero-order valence-electron chi connectivity index (χ0n) is 12.4. The number of aliphatic carboxylic acids is 1. The Morgan fingerprint density at radius 2 is 1.85 bits per heavy atom. The summed E-state index contributed by atoms with van der Waals surface area (Å²) >= 11 is 0. The maximum absolute atomic E-state index is 12.1. The molecule has 1 saturated heterocycles. The van der Waals surface area contributed by atoms with Gasteiger partial charge in [-0.15, -0.1) is 0 Å². The molecule has 2 rings (SSSR count). The molecule has 0 aromatic heterocycles. The lowest BCUT2D eigenvalue weighted by atomic mass is 9.85. The molecule has 2 amide bonds. The number of carbonyl (C=O) groups excluding carboxylic acids is 1. The van der Waals surface area contributed by atoms with Crippen LogP contribution in [-0.4, -0.2) is 42.4 Å². The van der Waals surface area contributed by atoms with Gasteiger partial charge in [-0.05, 0) is 25.2 Å². The molecular weight excluding hydrogens is 260 g/mol. The summed E-state index contributed by atoms with van der Waals surface area (Å²) in [5, 5.41) is 15.0. The van der Waals surface area contributed by atoms with Gasteiger partial charge in [-0.2, -0.15) is 0 Å². The number of carboxylic acids is 1. The number of nitrogens with one attached hydrogen (secondary N) is 2. The molecule has 0 spiro atoms. The summed E-state index contributed by atoms with van der Waals surface area (Å²) in [6.07, 6.45) is 3.17. The Labute approximate surface area is 119 Å². The van der Waals surface area contributed by atoms with Gasteiger partial charge in [0.25, 0.3) is 0 Å². The molecule has 1 saturated carbocycles. The minimum Gasteiger partial charge on any atom is -0.481 e. The third kappa shape index (κ3) is 2.75. The van der Waals surface area contributed by atoms with Crippen molar-refractivity contribution >= 4 is 12.0 Å². The van der Waals surface area contributed by atoms with Crippen molar-refractivity contribution in [3.05, 3.63) is 0 Å². The average Bonchev–Trinajstić information content (AvgIpc) is 2.85. The van der Waals surface area contributed by atoms with Crippen molar-refractivity contribution in [2.24, 2.45) is 10.8 Å². The van der Waals surface area contributed by atoms with Crippen LogP contribution in [0, 0.1) is 10.8 Å². The van der Waals surface area contributed by atoms with Crippen LogP contribution in [0.25, 0.3) is 0 Å². The summed E-state index contributed by atoms with van der Waals surface area (Å²) < 4.78 is 5.22. The van der Waals surface area contributed by atoms with Crippen molar-refractivity contribution in [1.29, 1.82) is 0 Å². The number of amides is 2. The fourth-order valence-corrected chi connectivity index (χ4v) is 3.04. The maximum Gasteiger partial charge on any atom is 0.315 e. The summed E-state index contributed by atoms with van der Waals surface area (Å²) in [7, 11) is 0. The van der Waals surface area contributed by atoms with Crippen LogP contribution in [0.15, 0.2) is 0 Å². The molecule has 3 unspecified atom stereocenters. The first kappa shape index (κ1) is 15.1. The second-order valence-electron chi connectivity index (χ2n) is 6.84. The summed E-state index contributed by atoms with van der Waals surface area (Å²) in [4.78, 5) is 23.4. The van der Waals surface area contributed by atoms with Gasteiger partial charge in [0.2, 0.25) is 0 Å². The van der Waals surface area contributed by atoms with Crippen molar-refractivity contribution in [1.82, 2.24) is 10.6 Å². The Morgan fingerprint density at radius 1 is 1.20 bits per heavy atom. The topological polar surface area (TPSA) is 87.7 Å². The van der Waals surface area contributed by atoms with Crippen LogP contribution in [-0.2, 0) is 9.53 Å². The maximum atomic E-state index is 12.1. The number of rotatable bonds is 3. The van der Waals surface area contributed by atoms with Crippen molar-refractivity contribution < 1.29 is 19.4 Å². The van der Waals surface area contributed by atoms with E-state index in [2.05, 4.69) is 24.5 Å². The standard InChI is InChI=1S/C14H24N2O4/c1-13(2)6-4-5-9(13)15-12(19)16-10-7-20-8-14(10,3)11(17)18/h9-10H,4-8H2,1-3H3,(H,17,18)(H2,15,16,19). The van der Waals surface area contributed by atoms with Crippen molar-refractivity contribution in [2.75, 3.05) is 13.2 Å². The summed E-state index contributed by atoms with van der Waals surface area (Å²) in [5.74, 6) is -0.943. The van der Waals surface area contributed by atoms with Gasteiger partial charge >= 0.3 is 12.0 Å². The number of urea groups is 1. The summed E-state index contributed by atoms with van der Waals surface area (Å²) in [5.41, 5.74) is -0.956. The number of carboxylic acid groups (broad SMARTS) is 1. The normalized spacial score (nSPS) is 35.8. The smallest absolute Gasteiger partial charge is 0.315 e. The fraction of sp³-hybridized carbons (Fsp3) is 0.857. The van der Waals surface area contributed by atoms with Gasteiger partial charge in [0.1, 0.15) is 5.41 Å². The highest BCUT2D eigenvalue weighted by molar-refractivity contribution is 5.79. The third-order valence-electron chi connectivity index (χ3n) is 4.81. The second-order valence-corrected chi connectivity index (χ2v) is 6.84. The molecule has 0 aromatic carbocycles. The van der Waals surface area contributed by atoms with E-state index >= 15 is 0 Å². The van der Waals surface area contributed by atoms with Crippen molar-refractivity contribution in [3.63, 3.8) is 0 Å². The molecule has 1 aliphatic heterocycles. The van der Waals surface area contributed by atoms with Crippen LogP contribution in [0.5, 0.6) is 0 Å². The lowest BCUT2D eigenvalue weighted by Crippen LogP contribution is -2.55. The summed E-state index contributed by atoms with van der Waals surface area (Å²) in [6.45, 7) is 6.26. The van der Waals surface area contributed by atoms with E-state index in [-0.39, 0.29) is 30.7 Å². The summed E-state index contributed by atoms with van der Waals surface area (Å²) in [6, 6.07) is -0.654. The highest BCUT2D eigenvalue weighted by Gasteiger charge is 2.47. The predicted octanol–water partition coefficient (Wildman–Crippen LogP) is 1.35. The van der Waals surface area contributed by atoms with Crippen molar-refractivity contribution in [2.45, 2.75) is 52.1 Å². The SMILES string of the molecule is CC1(C)CCCC1NC(=O)NC1COCC1(C)C(=O)O. The van der Waals surface area contributed by atoms with Crippen LogP contribution in [0.4, 0.5) is 4.79 Å². The van der Waals surface area contributed by atoms with Crippen LogP contribution >= 0.6 is 0 Å². The molecule has 0 aromatic rings. The second kappa shape index (κ2) is 5.24. The van der Waals surface area contributed by atoms with E-state index in [0.717, 1.165) is 19.3 Å². The molecule has 1 aliphatic carbocycles. The van der Waals surface area contributed by atoms with E-state index in [1.807, 2.05) is 0 Å². The number of hydrogen-bond donors (Lipinski definition) is 3. The highest BCUT2D eigenvalue weighted by Crippen LogP contribution is 2.37. The molecule has 3 atom stereocenters. The van der Waals surface area contributed by atoms with Crippen LogP contribution in [0.2, 0.25) is 0 Å². The Bertz CT molecular complexity index is 410. The first-order valence-corrected chi connectivity index (χ1v) is 7.14. The molecule has 6 nitrogen and oxygen atoms in total. The fourth-order valence-electron chi connectivity index (χ4n) is 3.04. The third-order valence-corrected chi connectivity index (χ3v) is 4.81. The van der Waals surface area contributed by atoms with Gasteiger partial charge in [0, 0.05) is 6.04 Å². The molecule has 114 valence electrons. The van der Waals surface area contributed by atoms with E-state index < -0.39 is 17.4 Å². The van der Waals surface area contributed by atoms with Gasteiger partial charge < -0.3 is 20.5 Å². The largest absolute Gasteiger partial charge is 0.481 e. The highest BCUT2D eigenvalue weighted by atomic mass is 16.5. The molecule has 0 radical (unpaired) electrons. The van der Waals surface area contributed by atoms with Gasteiger partial charge in [0.05, 0.1) is 19.3 Å². The van der Waals surface area contributed by atoms with E-state index in [0.29, 0.717) is 0 Å². The molecule has 1 heterocycles. The van der Waals surface area contributed by atoms with Crippen LogP contribution in [0.1, 0.15) is 40.0 Å². The molecule has 20 heavy (non-hydrogen) atoms. The molecule has 2 fully saturated rings.